The first-order chi connectivity index (χ1) is 8.27. The first-order valence-corrected chi connectivity index (χ1v) is 7.29. The summed E-state index contributed by atoms with van der Waals surface area (Å²) >= 11 is 0. The molecule has 0 bridgehead atoms. The van der Waals surface area contributed by atoms with Crippen molar-refractivity contribution in [1.82, 2.24) is 10.2 Å². The largest absolute Gasteiger partial charge is 0.341 e. The highest BCUT2D eigenvalue weighted by molar-refractivity contribution is 5.81. The molecule has 98 valence electrons. The van der Waals surface area contributed by atoms with Crippen molar-refractivity contribution in [3.8, 4) is 0 Å². The van der Waals surface area contributed by atoms with Crippen LogP contribution in [0, 0.1) is 5.92 Å². The number of amides is 1. The van der Waals surface area contributed by atoms with Crippen LogP contribution >= 0.6 is 0 Å². The van der Waals surface area contributed by atoms with E-state index < -0.39 is 0 Å². The van der Waals surface area contributed by atoms with Crippen LogP contribution in [-0.4, -0.2) is 36.5 Å². The lowest BCUT2D eigenvalue weighted by atomic mass is 10.0. The van der Waals surface area contributed by atoms with Gasteiger partial charge in [0.15, 0.2) is 0 Å². The fourth-order valence-corrected chi connectivity index (χ4v) is 2.94. The standard InChI is InChI=1S/C14H26N2O/c1-12-6-5-10-16(11-8-12)14(17)13-7-3-2-4-9-15-13/h12-13,15H,2-11H2,1H3. The molecule has 3 heteroatoms. The SMILES string of the molecule is CC1CCCN(C(=O)C2CCCCCN2)CC1. The monoisotopic (exact) mass is 238 g/mol. The Morgan fingerprint density at radius 1 is 1.06 bits per heavy atom. The van der Waals surface area contributed by atoms with Gasteiger partial charge in [-0.05, 0) is 44.6 Å². The third-order valence-electron chi connectivity index (χ3n) is 4.19. The van der Waals surface area contributed by atoms with Gasteiger partial charge in [0.05, 0.1) is 6.04 Å². The average Bonchev–Trinajstić information content (AvgIpc) is 2.70. The van der Waals surface area contributed by atoms with E-state index >= 15 is 0 Å². The molecule has 3 nitrogen and oxygen atoms in total. The number of carbonyl (C=O) groups excluding carboxylic acids is 1. The van der Waals surface area contributed by atoms with E-state index in [2.05, 4.69) is 17.1 Å². The van der Waals surface area contributed by atoms with Gasteiger partial charge in [0.25, 0.3) is 0 Å². The number of hydrogen-bond donors (Lipinski definition) is 1. The highest BCUT2D eigenvalue weighted by atomic mass is 16.2. The molecule has 2 fully saturated rings. The topological polar surface area (TPSA) is 32.3 Å². The predicted octanol–water partition coefficient (Wildman–Crippen LogP) is 2.17. The minimum atomic E-state index is 0.103. The minimum absolute atomic E-state index is 0.103. The highest BCUT2D eigenvalue weighted by Crippen LogP contribution is 2.18. The van der Waals surface area contributed by atoms with Crippen LogP contribution in [0.25, 0.3) is 0 Å². The van der Waals surface area contributed by atoms with Crippen molar-refractivity contribution in [2.45, 2.75) is 57.9 Å². The second kappa shape index (κ2) is 6.39. The predicted molar refractivity (Wildman–Crippen MR) is 69.9 cm³/mol. The normalized spacial score (nSPS) is 31.7. The second-order valence-corrected chi connectivity index (χ2v) is 5.72. The molecule has 17 heavy (non-hydrogen) atoms. The van der Waals surface area contributed by atoms with E-state index in [9.17, 15) is 4.79 Å². The lowest BCUT2D eigenvalue weighted by molar-refractivity contribution is -0.133. The molecule has 0 radical (unpaired) electrons. The molecule has 2 saturated heterocycles. The van der Waals surface area contributed by atoms with Gasteiger partial charge in [-0.3, -0.25) is 4.79 Å². The van der Waals surface area contributed by atoms with Gasteiger partial charge >= 0.3 is 0 Å². The fraction of sp³-hybridized carbons (Fsp3) is 0.929. The third kappa shape index (κ3) is 3.70. The first kappa shape index (κ1) is 12.9. The molecule has 0 spiro atoms. The Bertz CT molecular complexity index is 247. The van der Waals surface area contributed by atoms with Gasteiger partial charge in [0.1, 0.15) is 0 Å². The van der Waals surface area contributed by atoms with Crippen LogP contribution in [0.4, 0.5) is 0 Å². The summed E-state index contributed by atoms with van der Waals surface area (Å²) in [4.78, 5) is 14.5. The summed E-state index contributed by atoms with van der Waals surface area (Å²) in [5.41, 5.74) is 0. The molecule has 2 rings (SSSR count). The van der Waals surface area contributed by atoms with Gasteiger partial charge in [-0.2, -0.15) is 0 Å². The van der Waals surface area contributed by atoms with E-state index in [0.717, 1.165) is 32.0 Å². The van der Waals surface area contributed by atoms with Crippen molar-refractivity contribution in [2.75, 3.05) is 19.6 Å². The Balaban J connectivity index is 1.88. The minimum Gasteiger partial charge on any atom is -0.341 e. The van der Waals surface area contributed by atoms with E-state index in [-0.39, 0.29) is 6.04 Å². The van der Waals surface area contributed by atoms with E-state index in [4.69, 9.17) is 0 Å². The van der Waals surface area contributed by atoms with E-state index in [1.54, 1.807) is 0 Å². The maximum absolute atomic E-state index is 12.4. The quantitative estimate of drug-likeness (QED) is 0.759. The lowest BCUT2D eigenvalue weighted by Gasteiger charge is -2.26. The van der Waals surface area contributed by atoms with Crippen molar-refractivity contribution in [3.63, 3.8) is 0 Å². The van der Waals surface area contributed by atoms with Crippen LogP contribution in [0.2, 0.25) is 0 Å². The van der Waals surface area contributed by atoms with Crippen LogP contribution in [0.15, 0.2) is 0 Å². The Hall–Kier alpha value is -0.570. The molecule has 0 aromatic heterocycles. The summed E-state index contributed by atoms with van der Waals surface area (Å²) in [5, 5.41) is 3.42. The summed E-state index contributed by atoms with van der Waals surface area (Å²) in [6.07, 6.45) is 8.37. The number of hydrogen-bond acceptors (Lipinski definition) is 2. The molecule has 2 unspecified atom stereocenters. The molecule has 2 aliphatic rings. The zero-order valence-corrected chi connectivity index (χ0v) is 11.1. The summed E-state index contributed by atoms with van der Waals surface area (Å²) in [6.45, 7) is 5.26. The van der Waals surface area contributed by atoms with Crippen molar-refractivity contribution >= 4 is 5.91 Å². The Labute approximate surface area is 105 Å². The number of rotatable bonds is 1. The van der Waals surface area contributed by atoms with Crippen LogP contribution in [0.1, 0.15) is 51.9 Å². The molecule has 1 amide bonds. The third-order valence-corrected chi connectivity index (χ3v) is 4.19. The molecule has 0 aromatic rings. The molecule has 2 atom stereocenters. The summed E-state index contributed by atoms with van der Waals surface area (Å²) in [6, 6.07) is 0.103. The molecule has 2 heterocycles. The maximum Gasteiger partial charge on any atom is 0.239 e. The molecule has 0 saturated carbocycles. The van der Waals surface area contributed by atoms with Gasteiger partial charge < -0.3 is 10.2 Å². The van der Waals surface area contributed by atoms with E-state index in [1.165, 1.54) is 38.5 Å². The van der Waals surface area contributed by atoms with Crippen molar-refractivity contribution in [3.05, 3.63) is 0 Å². The lowest BCUT2D eigenvalue weighted by Crippen LogP contribution is -2.46. The van der Waals surface area contributed by atoms with Crippen LogP contribution in [0.3, 0.4) is 0 Å². The fourth-order valence-electron chi connectivity index (χ4n) is 2.94. The van der Waals surface area contributed by atoms with Gasteiger partial charge in [0.2, 0.25) is 5.91 Å². The molecule has 1 N–H and O–H groups in total. The van der Waals surface area contributed by atoms with E-state index in [0.29, 0.717) is 5.91 Å². The summed E-state index contributed by atoms with van der Waals surface area (Å²) < 4.78 is 0. The van der Waals surface area contributed by atoms with Gasteiger partial charge in [-0.15, -0.1) is 0 Å². The average molecular weight is 238 g/mol. The Morgan fingerprint density at radius 3 is 2.82 bits per heavy atom. The highest BCUT2D eigenvalue weighted by Gasteiger charge is 2.26. The molecular formula is C14H26N2O. The Kier molecular flexibility index (Phi) is 4.84. The summed E-state index contributed by atoms with van der Waals surface area (Å²) in [7, 11) is 0. The maximum atomic E-state index is 12.4. The van der Waals surface area contributed by atoms with Crippen molar-refractivity contribution < 1.29 is 4.79 Å². The van der Waals surface area contributed by atoms with Gasteiger partial charge in [-0.25, -0.2) is 0 Å². The molecule has 2 aliphatic heterocycles. The Morgan fingerprint density at radius 2 is 1.94 bits per heavy atom. The zero-order valence-electron chi connectivity index (χ0n) is 11.1. The number of nitrogens with zero attached hydrogens (tertiary/aromatic N) is 1. The number of nitrogens with one attached hydrogen (secondary N) is 1. The van der Waals surface area contributed by atoms with Crippen LogP contribution in [-0.2, 0) is 4.79 Å². The number of likely N-dealkylation sites (tertiary alicyclic amines) is 1. The van der Waals surface area contributed by atoms with Crippen molar-refractivity contribution in [2.24, 2.45) is 5.92 Å². The molecule has 0 aromatic carbocycles. The van der Waals surface area contributed by atoms with Crippen LogP contribution in [0.5, 0.6) is 0 Å². The second-order valence-electron chi connectivity index (χ2n) is 5.72. The summed E-state index contributed by atoms with van der Waals surface area (Å²) in [5.74, 6) is 1.15. The van der Waals surface area contributed by atoms with Gasteiger partial charge in [0, 0.05) is 13.1 Å². The molecule has 0 aliphatic carbocycles. The van der Waals surface area contributed by atoms with E-state index in [1.807, 2.05) is 0 Å². The van der Waals surface area contributed by atoms with Crippen LogP contribution < -0.4 is 5.32 Å². The van der Waals surface area contributed by atoms with Gasteiger partial charge in [-0.1, -0.05) is 19.8 Å². The zero-order chi connectivity index (χ0) is 12.1. The molecular weight excluding hydrogens is 212 g/mol. The smallest absolute Gasteiger partial charge is 0.239 e. The van der Waals surface area contributed by atoms with Crippen molar-refractivity contribution in [1.29, 1.82) is 0 Å². The number of carbonyl (C=O) groups is 1. The first-order valence-electron chi connectivity index (χ1n) is 7.29.